The minimum atomic E-state index is -0.0551. The Morgan fingerprint density at radius 3 is 2.53 bits per heavy atom. The first kappa shape index (κ1) is 13.2. The number of rotatable bonds is 4. The molecule has 0 aromatic carbocycles. The second kappa shape index (κ2) is 5.60. The summed E-state index contributed by atoms with van der Waals surface area (Å²) < 4.78 is 0. The fourth-order valence-electron chi connectivity index (χ4n) is 3.43. The summed E-state index contributed by atoms with van der Waals surface area (Å²) in [4.78, 5) is 12.3. The fourth-order valence-corrected chi connectivity index (χ4v) is 3.80. The quantitative estimate of drug-likeness (QED) is 0.768. The van der Waals surface area contributed by atoms with E-state index in [-0.39, 0.29) is 16.7 Å². The first-order chi connectivity index (χ1) is 8.18. The normalized spacial score (nSPS) is 31.6. The molecule has 2 fully saturated rings. The van der Waals surface area contributed by atoms with Crippen molar-refractivity contribution in [3.8, 4) is 0 Å². The van der Waals surface area contributed by atoms with Crippen LogP contribution in [-0.2, 0) is 4.79 Å². The molecular formula is C14H24ClNO. The molecule has 1 N–H and O–H groups in total. The van der Waals surface area contributed by atoms with Crippen molar-refractivity contribution in [3.63, 3.8) is 0 Å². The number of carbonyl (C=O) groups is 1. The Morgan fingerprint density at radius 2 is 2.00 bits per heavy atom. The summed E-state index contributed by atoms with van der Waals surface area (Å²) in [7, 11) is 0. The molecule has 2 aliphatic carbocycles. The molecule has 0 aromatic heterocycles. The smallest absolute Gasteiger partial charge is 0.226 e. The van der Waals surface area contributed by atoms with Gasteiger partial charge in [0.15, 0.2) is 0 Å². The molecule has 98 valence electrons. The van der Waals surface area contributed by atoms with Crippen LogP contribution in [0.2, 0.25) is 0 Å². The Balaban J connectivity index is 1.84. The molecule has 1 amide bonds. The minimum Gasteiger partial charge on any atom is -0.355 e. The zero-order chi connectivity index (χ0) is 12.3. The molecule has 0 aromatic rings. The first-order valence-electron chi connectivity index (χ1n) is 7.10. The predicted octanol–water partition coefficient (Wildman–Crippen LogP) is 3.48. The van der Waals surface area contributed by atoms with Crippen molar-refractivity contribution in [2.45, 2.75) is 63.7 Å². The van der Waals surface area contributed by atoms with E-state index in [1.54, 1.807) is 0 Å². The van der Waals surface area contributed by atoms with Crippen LogP contribution in [0.5, 0.6) is 0 Å². The van der Waals surface area contributed by atoms with Gasteiger partial charge < -0.3 is 5.32 Å². The number of amides is 1. The summed E-state index contributed by atoms with van der Waals surface area (Å²) in [5.41, 5.74) is -0.0551. The third kappa shape index (κ3) is 2.78. The van der Waals surface area contributed by atoms with Gasteiger partial charge in [-0.15, -0.1) is 11.6 Å². The molecule has 2 rings (SSSR count). The van der Waals surface area contributed by atoms with Crippen LogP contribution >= 0.6 is 11.6 Å². The molecule has 0 heterocycles. The van der Waals surface area contributed by atoms with Crippen LogP contribution in [0.4, 0.5) is 0 Å². The van der Waals surface area contributed by atoms with Crippen molar-refractivity contribution in [1.82, 2.24) is 5.32 Å². The standard InChI is InChI=1S/C14H24ClNO/c1-2-14(8-3-4-9-14)13(17)16-10-11-6-5-7-12(11)15/h11-12H,2-10H2,1H3,(H,16,17). The molecule has 0 spiro atoms. The van der Waals surface area contributed by atoms with Crippen LogP contribution in [0.3, 0.4) is 0 Å². The van der Waals surface area contributed by atoms with Crippen LogP contribution in [-0.4, -0.2) is 17.8 Å². The predicted molar refractivity (Wildman–Crippen MR) is 71.2 cm³/mol. The molecule has 2 unspecified atom stereocenters. The van der Waals surface area contributed by atoms with Crippen molar-refractivity contribution < 1.29 is 4.79 Å². The Hall–Kier alpha value is -0.240. The lowest BCUT2D eigenvalue weighted by molar-refractivity contribution is -0.131. The molecule has 3 heteroatoms. The van der Waals surface area contributed by atoms with E-state index < -0.39 is 0 Å². The highest BCUT2D eigenvalue weighted by Crippen LogP contribution is 2.41. The molecule has 2 saturated carbocycles. The summed E-state index contributed by atoms with van der Waals surface area (Å²) >= 11 is 6.24. The zero-order valence-electron chi connectivity index (χ0n) is 10.8. The first-order valence-corrected chi connectivity index (χ1v) is 7.54. The van der Waals surface area contributed by atoms with Crippen molar-refractivity contribution in [1.29, 1.82) is 0 Å². The lowest BCUT2D eigenvalue weighted by atomic mass is 9.82. The van der Waals surface area contributed by atoms with Crippen LogP contribution in [0, 0.1) is 11.3 Å². The van der Waals surface area contributed by atoms with Gasteiger partial charge in [-0.3, -0.25) is 4.79 Å². The second-order valence-corrected chi connectivity index (χ2v) is 6.32. The third-order valence-electron chi connectivity index (χ3n) is 4.81. The molecule has 2 atom stereocenters. The number of hydrogen-bond acceptors (Lipinski definition) is 1. The van der Waals surface area contributed by atoms with Gasteiger partial charge in [-0.25, -0.2) is 0 Å². The van der Waals surface area contributed by atoms with Crippen LogP contribution in [0.15, 0.2) is 0 Å². The molecule has 2 aliphatic rings. The van der Waals surface area contributed by atoms with Gasteiger partial charge in [-0.05, 0) is 38.0 Å². The van der Waals surface area contributed by atoms with Gasteiger partial charge >= 0.3 is 0 Å². The summed E-state index contributed by atoms with van der Waals surface area (Å²) in [6.07, 6.45) is 9.05. The average molecular weight is 258 g/mol. The largest absolute Gasteiger partial charge is 0.355 e. The molecule has 17 heavy (non-hydrogen) atoms. The number of alkyl halides is 1. The van der Waals surface area contributed by atoms with Gasteiger partial charge in [-0.2, -0.15) is 0 Å². The fraction of sp³-hybridized carbons (Fsp3) is 0.929. The highest BCUT2D eigenvalue weighted by atomic mass is 35.5. The Morgan fingerprint density at radius 1 is 1.29 bits per heavy atom. The Labute approximate surface area is 109 Å². The van der Waals surface area contributed by atoms with E-state index in [0.717, 1.165) is 32.2 Å². The molecular weight excluding hydrogens is 234 g/mol. The van der Waals surface area contributed by atoms with Crippen LogP contribution in [0.25, 0.3) is 0 Å². The van der Waals surface area contributed by atoms with E-state index >= 15 is 0 Å². The summed E-state index contributed by atoms with van der Waals surface area (Å²) in [5, 5.41) is 3.44. The highest BCUT2D eigenvalue weighted by Gasteiger charge is 2.39. The van der Waals surface area contributed by atoms with Gasteiger partial charge in [0.2, 0.25) is 5.91 Å². The topological polar surface area (TPSA) is 29.1 Å². The van der Waals surface area contributed by atoms with Crippen LogP contribution in [0.1, 0.15) is 58.3 Å². The lowest BCUT2D eigenvalue weighted by Crippen LogP contribution is -2.41. The van der Waals surface area contributed by atoms with Crippen molar-refractivity contribution in [2.24, 2.45) is 11.3 Å². The summed E-state index contributed by atoms with van der Waals surface area (Å²) in [6.45, 7) is 2.93. The van der Waals surface area contributed by atoms with E-state index in [4.69, 9.17) is 11.6 Å². The molecule has 0 saturated heterocycles. The van der Waals surface area contributed by atoms with Gasteiger partial charge in [-0.1, -0.05) is 26.2 Å². The van der Waals surface area contributed by atoms with Crippen molar-refractivity contribution in [3.05, 3.63) is 0 Å². The maximum Gasteiger partial charge on any atom is 0.226 e. The number of nitrogens with one attached hydrogen (secondary N) is 1. The maximum absolute atomic E-state index is 12.3. The molecule has 2 nitrogen and oxygen atoms in total. The maximum atomic E-state index is 12.3. The van der Waals surface area contributed by atoms with Gasteiger partial charge in [0, 0.05) is 17.3 Å². The molecule has 0 aliphatic heterocycles. The summed E-state index contributed by atoms with van der Waals surface area (Å²) in [5.74, 6) is 0.782. The van der Waals surface area contributed by atoms with Gasteiger partial charge in [0.1, 0.15) is 0 Å². The molecule has 0 radical (unpaired) electrons. The third-order valence-corrected chi connectivity index (χ3v) is 5.38. The number of halogens is 1. The van der Waals surface area contributed by atoms with E-state index in [0.29, 0.717) is 5.92 Å². The van der Waals surface area contributed by atoms with Crippen molar-refractivity contribution >= 4 is 17.5 Å². The van der Waals surface area contributed by atoms with Crippen LogP contribution < -0.4 is 5.32 Å². The Bertz CT molecular complexity index is 273. The van der Waals surface area contributed by atoms with E-state index in [9.17, 15) is 4.79 Å². The Kier molecular flexibility index (Phi) is 4.35. The zero-order valence-corrected chi connectivity index (χ0v) is 11.6. The monoisotopic (exact) mass is 257 g/mol. The molecule has 0 bridgehead atoms. The lowest BCUT2D eigenvalue weighted by Gasteiger charge is -2.27. The summed E-state index contributed by atoms with van der Waals surface area (Å²) in [6, 6.07) is 0. The second-order valence-electron chi connectivity index (χ2n) is 5.76. The van der Waals surface area contributed by atoms with E-state index in [1.807, 2.05) is 0 Å². The SMILES string of the molecule is CCC1(C(=O)NCC2CCCC2Cl)CCCC1. The van der Waals surface area contributed by atoms with Gasteiger partial charge in [0.05, 0.1) is 0 Å². The van der Waals surface area contributed by atoms with Crippen molar-refractivity contribution in [2.75, 3.05) is 6.54 Å². The van der Waals surface area contributed by atoms with E-state index in [2.05, 4.69) is 12.2 Å². The number of carbonyl (C=O) groups excluding carboxylic acids is 1. The van der Waals surface area contributed by atoms with E-state index in [1.165, 1.54) is 25.7 Å². The average Bonchev–Trinajstić information content (AvgIpc) is 2.95. The number of hydrogen-bond donors (Lipinski definition) is 1. The van der Waals surface area contributed by atoms with Gasteiger partial charge in [0.25, 0.3) is 0 Å². The minimum absolute atomic E-state index is 0.0551. The highest BCUT2D eigenvalue weighted by molar-refractivity contribution is 6.21.